The molecule has 9 nitrogen and oxygen atoms in total. The molecule has 1 amide bonds. The molecule has 2 aromatic carbocycles. The minimum atomic E-state index is -0.621. The molecule has 0 aliphatic rings. The Kier molecular flexibility index (Phi) is 5.83. The minimum absolute atomic E-state index is 0.0843. The van der Waals surface area contributed by atoms with Gasteiger partial charge in [-0.3, -0.25) is 10.1 Å². The van der Waals surface area contributed by atoms with Crippen molar-refractivity contribution in [3.05, 3.63) is 76.3 Å². The summed E-state index contributed by atoms with van der Waals surface area (Å²) in [5.74, 6) is -0.954. The Labute approximate surface area is 201 Å². The zero-order chi connectivity index (χ0) is 23.7. The lowest BCUT2D eigenvalue weighted by Crippen LogP contribution is -2.20. The van der Waals surface area contributed by atoms with Crippen molar-refractivity contribution < 1.29 is 18.7 Å². The van der Waals surface area contributed by atoms with Crippen molar-refractivity contribution in [1.29, 1.82) is 0 Å². The van der Waals surface area contributed by atoms with Gasteiger partial charge in [-0.1, -0.05) is 41.0 Å². The van der Waals surface area contributed by atoms with E-state index in [4.69, 9.17) is 20.8 Å². The lowest BCUT2D eigenvalue weighted by atomic mass is 10.2. The summed E-state index contributed by atoms with van der Waals surface area (Å²) in [6.45, 7) is 1.35. The Morgan fingerprint density at radius 3 is 2.74 bits per heavy atom. The summed E-state index contributed by atoms with van der Waals surface area (Å²) in [7, 11) is 0. The van der Waals surface area contributed by atoms with Gasteiger partial charge in [-0.25, -0.2) is 9.48 Å². The number of hydrogen-bond acceptors (Lipinski definition) is 8. The molecule has 0 saturated heterocycles. The number of nitrogens with zero attached hydrogens (tertiary/aromatic N) is 4. The fraction of sp³-hybridized carbons (Fsp3) is 0.0870. The van der Waals surface area contributed by atoms with Crippen LogP contribution < -0.4 is 5.32 Å². The van der Waals surface area contributed by atoms with Gasteiger partial charge in [0.15, 0.2) is 6.61 Å². The van der Waals surface area contributed by atoms with Gasteiger partial charge in [-0.2, -0.15) is 5.10 Å². The molecule has 0 saturated carbocycles. The Bertz CT molecular complexity index is 1510. The quantitative estimate of drug-likeness (QED) is 0.335. The Morgan fingerprint density at radius 2 is 1.94 bits per heavy atom. The van der Waals surface area contributed by atoms with E-state index < -0.39 is 18.5 Å². The van der Waals surface area contributed by atoms with E-state index in [1.165, 1.54) is 11.3 Å². The van der Waals surface area contributed by atoms with E-state index in [1.807, 2.05) is 37.3 Å². The van der Waals surface area contributed by atoms with Crippen LogP contribution in [-0.4, -0.2) is 38.5 Å². The molecule has 34 heavy (non-hydrogen) atoms. The van der Waals surface area contributed by atoms with Crippen molar-refractivity contribution in [1.82, 2.24) is 20.0 Å². The number of nitrogens with one attached hydrogen (secondary N) is 1. The predicted octanol–water partition coefficient (Wildman–Crippen LogP) is 4.89. The summed E-state index contributed by atoms with van der Waals surface area (Å²) in [5, 5.41) is 16.0. The standard InChI is InChI=1S/C23H16ClN5O4S/c1-13-17-11-18(34-21(17)29(28-13)16-9-5-8-15(24)10-16)22(31)32-12-19(30)25-23-27-26-20(33-23)14-6-3-2-4-7-14/h2-11H,12H2,1H3,(H,25,27,30). The number of esters is 1. The molecule has 0 radical (unpaired) electrons. The number of rotatable bonds is 6. The van der Waals surface area contributed by atoms with Gasteiger partial charge < -0.3 is 9.15 Å². The van der Waals surface area contributed by atoms with Gasteiger partial charge in [-0.05, 0) is 43.3 Å². The number of anilines is 1. The summed E-state index contributed by atoms with van der Waals surface area (Å²) in [4.78, 5) is 25.9. The second kappa shape index (κ2) is 9.08. The van der Waals surface area contributed by atoms with Crippen LogP contribution in [-0.2, 0) is 9.53 Å². The van der Waals surface area contributed by atoms with Gasteiger partial charge in [-0.15, -0.1) is 16.4 Å². The maximum absolute atomic E-state index is 12.6. The van der Waals surface area contributed by atoms with E-state index in [2.05, 4.69) is 20.6 Å². The fourth-order valence-corrected chi connectivity index (χ4v) is 4.52. The van der Waals surface area contributed by atoms with Gasteiger partial charge in [0.2, 0.25) is 5.89 Å². The molecule has 0 aliphatic heterocycles. The van der Waals surface area contributed by atoms with Crippen LogP contribution in [0.15, 0.2) is 65.1 Å². The number of carbonyl (C=O) groups excluding carboxylic acids is 2. The van der Waals surface area contributed by atoms with Crippen molar-refractivity contribution in [2.75, 3.05) is 11.9 Å². The second-order valence-corrected chi connectivity index (χ2v) is 8.68. The van der Waals surface area contributed by atoms with Crippen LogP contribution in [0.4, 0.5) is 6.01 Å². The van der Waals surface area contributed by atoms with Crippen LogP contribution in [0.1, 0.15) is 15.4 Å². The molecule has 170 valence electrons. The Hall–Kier alpha value is -4.02. The summed E-state index contributed by atoms with van der Waals surface area (Å²) in [5.41, 5.74) is 2.26. The molecule has 3 aromatic heterocycles. The summed E-state index contributed by atoms with van der Waals surface area (Å²) in [6.07, 6.45) is 0. The highest BCUT2D eigenvalue weighted by atomic mass is 35.5. The van der Waals surface area contributed by atoms with E-state index in [9.17, 15) is 9.59 Å². The smallest absolute Gasteiger partial charge is 0.348 e. The normalized spacial score (nSPS) is 11.0. The van der Waals surface area contributed by atoms with E-state index in [-0.39, 0.29) is 11.9 Å². The molecular weight excluding hydrogens is 478 g/mol. The number of carbonyl (C=O) groups is 2. The number of fused-ring (bicyclic) bond motifs is 1. The first-order valence-electron chi connectivity index (χ1n) is 10.1. The minimum Gasteiger partial charge on any atom is -0.451 e. The van der Waals surface area contributed by atoms with E-state index in [0.29, 0.717) is 9.90 Å². The van der Waals surface area contributed by atoms with Gasteiger partial charge in [0.1, 0.15) is 9.71 Å². The third-order valence-electron chi connectivity index (χ3n) is 4.83. The first-order valence-corrected chi connectivity index (χ1v) is 11.3. The van der Waals surface area contributed by atoms with E-state index >= 15 is 0 Å². The number of halogens is 1. The number of aryl methyl sites for hydroxylation is 1. The molecular formula is C23H16ClN5O4S. The van der Waals surface area contributed by atoms with Crippen molar-refractivity contribution in [2.24, 2.45) is 0 Å². The number of benzene rings is 2. The number of hydrogen-bond donors (Lipinski definition) is 1. The monoisotopic (exact) mass is 493 g/mol. The molecule has 5 aromatic rings. The average molecular weight is 494 g/mol. The van der Waals surface area contributed by atoms with Crippen molar-refractivity contribution >= 4 is 51.0 Å². The highest BCUT2D eigenvalue weighted by molar-refractivity contribution is 7.20. The maximum Gasteiger partial charge on any atom is 0.348 e. The molecule has 0 spiro atoms. The molecule has 0 fully saturated rings. The molecule has 0 bridgehead atoms. The van der Waals surface area contributed by atoms with Gasteiger partial charge >= 0.3 is 12.0 Å². The number of aromatic nitrogens is 4. The lowest BCUT2D eigenvalue weighted by Gasteiger charge is -2.03. The molecule has 0 aliphatic carbocycles. The third kappa shape index (κ3) is 4.41. The summed E-state index contributed by atoms with van der Waals surface area (Å²) in [6, 6.07) is 18.0. The largest absolute Gasteiger partial charge is 0.451 e. The first kappa shape index (κ1) is 21.8. The van der Waals surface area contributed by atoms with Crippen molar-refractivity contribution in [3.8, 4) is 17.1 Å². The summed E-state index contributed by atoms with van der Waals surface area (Å²) >= 11 is 7.33. The first-order chi connectivity index (χ1) is 16.5. The molecule has 11 heteroatoms. The predicted molar refractivity (Wildman–Crippen MR) is 127 cm³/mol. The van der Waals surface area contributed by atoms with E-state index in [0.717, 1.165) is 27.2 Å². The van der Waals surface area contributed by atoms with Crippen LogP contribution >= 0.6 is 22.9 Å². The fourth-order valence-electron chi connectivity index (χ4n) is 3.26. The third-order valence-corrected chi connectivity index (χ3v) is 6.15. The number of ether oxygens (including phenoxy) is 1. The average Bonchev–Trinajstić information content (AvgIpc) is 3.55. The highest BCUT2D eigenvalue weighted by Gasteiger charge is 2.20. The van der Waals surface area contributed by atoms with E-state index in [1.54, 1.807) is 35.0 Å². The maximum atomic E-state index is 12.6. The summed E-state index contributed by atoms with van der Waals surface area (Å²) < 4.78 is 12.3. The van der Waals surface area contributed by atoms with Crippen LogP contribution in [0.5, 0.6) is 0 Å². The zero-order valence-corrected chi connectivity index (χ0v) is 19.3. The van der Waals surface area contributed by atoms with Crippen molar-refractivity contribution in [2.45, 2.75) is 6.92 Å². The van der Waals surface area contributed by atoms with Gasteiger partial charge in [0.05, 0.1) is 11.4 Å². The lowest BCUT2D eigenvalue weighted by molar-refractivity contribution is -0.119. The topological polar surface area (TPSA) is 112 Å². The molecule has 5 rings (SSSR count). The highest BCUT2D eigenvalue weighted by Crippen LogP contribution is 2.31. The Morgan fingerprint density at radius 1 is 1.12 bits per heavy atom. The van der Waals surface area contributed by atoms with Crippen LogP contribution in [0.3, 0.4) is 0 Å². The molecule has 1 N–H and O–H groups in total. The van der Waals surface area contributed by atoms with Gasteiger partial charge in [0.25, 0.3) is 5.91 Å². The van der Waals surface area contributed by atoms with Crippen LogP contribution in [0, 0.1) is 6.92 Å². The number of amides is 1. The van der Waals surface area contributed by atoms with Crippen LogP contribution in [0.2, 0.25) is 5.02 Å². The molecule has 0 unspecified atom stereocenters. The SMILES string of the molecule is Cc1nn(-c2cccc(Cl)c2)c2sc(C(=O)OCC(=O)Nc3nnc(-c4ccccc4)o3)cc12. The molecule has 3 heterocycles. The number of thiophene rings is 1. The van der Waals surface area contributed by atoms with Crippen molar-refractivity contribution in [3.63, 3.8) is 0 Å². The molecule has 0 atom stereocenters. The zero-order valence-electron chi connectivity index (χ0n) is 17.7. The second-order valence-electron chi connectivity index (χ2n) is 7.21. The Balaban J connectivity index is 1.25. The van der Waals surface area contributed by atoms with Crippen LogP contribution in [0.25, 0.3) is 27.4 Å². The van der Waals surface area contributed by atoms with Gasteiger partial charge in [0, 0.05) is 16.0 Å².